The molecule has 0 unspecified atom stereocenters. The molecule has 3 rings (SSSR count). The Morgan fingerprint density at radius 3 is 2.52 bits per heavy atom. The van der Waals surface area contributed by atoms with Crippen LogP contribution < -0.4 is 14.9 Å². The zero-order chi connectivity index (χ0) is 22.1. The van der Waals surface area contributed by atoms with Gasteiger partial charge in [0.05, 0.1) is 12.8 Å². The Morgan fingerprint density at radius 2 is 1.81 bits per heavy atom. The summed E-state index contributed by atoms with van der Waals surface area (Å²) in [7, 11) is 0. The number of hydrogen-bond donors (Lipinski definition) is 2. The third-order valence-corrected chi connectivity index (χ3v) is 4.58. The van der Waals surface area contributed by atoms with Crippen molar-refractivity contribution in [1.82, 2.24) is 5.43 Å². The molecule has 0 saturated heterocycles. The van der Waals surface area contributed by atoms with Crippen molar-refractivity contribution in [3.8, 4) is 11.5 Å². The van der Waals surface area contributed by atoms with Crippen LogP contribution in [0.1, 0.15) is 29.7 Å². The number of carbonyl (C=O) groups excluding carboxylic acids is 1. The minimum atomic E-state index is -1.29. The molecule has 3 aromatic rings. The van der Waals surface area contributed by atoms with E-state index in [-0.39, 0.29) is 0 Å². The maximum absolute atomic E-state index is 12.1. The van der Waals surface area contributed by atoms with Gasteiger partial charge in [0.1, 0.15) is 6.61 Å². The van der Waals surface area contributed by atoms with E-state index in [1.807, 2.05) is 37.3 Å². The molecule has 0 saturated carbocycles. The molecule has 6 nitrogen and oxygen atoms in total. The normalized spacial score (nSPS) is 11.8. The molecular weight excluding hydrogens is 416 g/mol. The molecule has 3 aromatic carbocycles. The molecule has 0 bridgehead atoms. The fraction of sp³-hybridized carbons (Fsp3) is 0.167. The maximum atomic E-state index is 12.1. The summed E-state index contributed by atoms with van der Waals surface area (Å²) in [6.45, 7) is 2.73. The lowest BCUT2D eigenvalue weighted by atomic mass is 10.1. The van der Waals surface area contributed by atoms with E-state index in [0.29, 0.717) is 40.9 Å². The first-order valence-electron chi connectivity index (χ1n) is 9.77. The van der Waals surface area contributed by atoms with Gasteiger partial charge in [-0.05, 0) is 53.9 Å². The third kappa shape index (κ3) is 6.57. The smallest absolute Gasteiger partial charge is 0.273 e. The van der Waals surface area contributed by atoms with Crippen molar-refractivity contribution >= 4 is 23.7 Å². The summed E-state index contributed by atoms with van der Waals surface area (Å²) in [6, 6.07) is 21.4. The lowest BCUT2D eigenvalue weighted by Crippen LogP contribution is -2.25. The SMILES string of the molecule is CCOc1cc(/C=N\NC(=O)[C@H](O)c2ccccc2)ccc1OCc1ccc(Cl)cc1. The second-order valence-corrected chi connectivity index (χ2v) is 7.04. The first-order valence-corrected chi connectivity index (χ1v) is 10.1. The molecule has 0 fully saturated rings. The number of nitrogens with zero attached hydrogens (tertiary/aromatic N) is 1. The Hall–Kier alpha value is -3.35. The topological polar surface area (TPSA) is 80.2 Å². The highest BCUT2D eigenvalue weighted by molar-refractivity contribution is 6.30. The van der Waals surface area contributed by atoms with Crippen molar-refractivity contribution < 1.29 is 19.4 Å². The maximum Gasteiger partial charge on any atom is 0.273 e. The molecule has 160 valence electrons. The summed E-state index contributed by atoms with van der Waals surface area (Å²) in [6.07, 6.45) is 0.183. The van der Waals surface area contributed by atoms with E-state index in [0.717, 1.165) is 5.56 Å². The Labute approximate surface area is 186 Å². The Kier molecular flexibility index (Phi) is 8.04. The highest BCUT2D eigenvalue weighted by atomic mass is 35.5. The molecule has 1 amide bonds. The molecule has 1 atom stereocenters. The largest absolute Gasteiger partial charge is 0.490 e. The summed E-state index contributed by atoms with van der Waals surface area (Å²) in [5, 5.41) is 14.7. The van der Waals surface area contributed by atoms with E-state index in [9.17, 15) is 9.90 Å². The first-order chi connectivity index (χ1) is 15.1. The van der Waals surface area contributed by atoms with Crippen LogP contribution in [0.3, 0.4) is 0 Å². The second kappa shape index (κ2) is 11.2. The molecule has 0 aliphatic rings. The van der Waals surface area contributed by atoms with Crippen LogP contribution in [0, 0.1) is 0 Å². The molecule has 0 radical (unpaired) electrons. The van der Waals surface area contributed by atoms with Crippen molar-refractivity contribution in [2.24, 2.45) is 5.10 Å². The monoisotopic (exact) mass is 438 g/mol. The average Bonchev–Trinajstić information content (AvgIpc) is 2.80. The van der Waals surface area contributed by atoms with Crippen molar-refractivity contribution in [3.63, 3.8) is 0 Å². The van der Waals surface area contributed by atoms with Gasteiger partial charge < -0.3 is 14.6 Å². The number of aliphatic hydroxyl groups excluding tert-OH is 1. The van der Waals surface area contributed by atoms with E-state index in [1.54, 1.807) is 42.5 Å². The van der Waals surface area contributed by atoms with Gasteiger partial charge in [-0.15, -0.1) is 0 Å². The number of nitrogens with one attached hydrogen (secondary N) is 1. The highest BCUT2D eigenvalue weighted by Crippen LogP contribution is 2.29. The van der Waals surface area contributed by atoms with Crippen LogP contribution in [0.4, 0.5) is 0 Å². The lowest BCUT2D eigenvalue weighted by molar-refractivity contribution is -0.129. The van der Waals surface area contributed by atoms with Crippen molar-refractivity contribution in [2.45, 2.75) is 19.6 Å². The van der Waals surface area contributed by atoms with Crippen LogP contribution in [0.25, 0.3) is 0 Å². The fourth-order valence-corrected chi connectivity index (χ4v) is 2.88. The van der Waals surface area contributed by atoms with Gasteiger partial charge in [0.15, 0.2) is 17.6 Å². The van der Waals surface area contributed by atoms with Gasteiger partial charge in [-0.1, -0.05) is 54.1 Å². The third-order valence-electron chi connectivity index (χ3n) is 4.33. The van der Waals surface area contributed by atoms with E-state index < -0.39 is 12.0 Å². The van der Waals surface area contributed by atoms with Gasteiger partial charge in [-0.3, -0.25) is 4.79 Å². The van der Waals surface area contributed by atoms with Crippen LogP contribution >= 0.6 is 11.6 Å². The standard InChI is InChI=1S/C24H23ClN2O4/c1-2-30-22-14-18(10-13-21(22)31-16-17-8-11-20(25)12-9-17)15-26-27-24(29)23(28)19-6-4-3-5-7-19/h3-15,23,28H,2,16H2,1H3,(H,27,29)/b26-15-/t23-/m1/s1. The average molecular weight is 439 g/mol. The van der Waals surface area contributed by atoms with E-state index in [4.69, 9.17) is 21.1 Å². The predicted octanol–water partition coefficient (Wildman–Crippen LogP) is 4.50. The van der Waals surface area contributed by atoms with Gasteiger partial charge in [-0.2, -0.15) is 5.10 Å². The van der Waals surface area contributed by atoms with E-state index in [2.05, 4.69) is 10.5 Å². The number of amides is 1. The summed E-state index contributed by atoms with van der Waals surface area (Å²) < 4.78 is 11.6. The quantitative estimate of drug-likeness (QED) is 0.380. The van der Waals surface area contributed by atoms with Gasteiger partial charge in [-0.25, -0.2) is 5.43 Å². The Morgan fingerprint density at radius 1 is 1.06 bits per heavy atom. The Bertz CT molecular complexity index is 1020. The second-order valence-electron chi connectivity index (χ2n) is 6.60. The van der Waals surface area contributed by atoms with Crippen LogP contribution in [0.15, 0.2) is 77.9 Å². The van der Waals surface area contributed by atoms with E-state index >= 15 is 0 Å². The predicted molar refractivity (Wildman–Crippen MR) is 121 cm³/mol. The molecule has 2 N–H and O–H groups in total. The molecule has 0 heterocycles. The number of hydrogen-bond acceptors (Lipinski definition) is 5. The Balaban J connectivity index is 1.62. The number of hydrazone groups is 1. The molecule has 0 aliphatic heterocycles. The molecule has 0 spiro atoms. The van der Waals surface area contributed by atoms with Crippen molar-refractivity contribution in [3.05, 3.63) is 94.5 Å². The lowest BCUT2D eigenvalue weighted by Gasteiger charge is -2.13. The van der Waals surface area contributed by atoms with Gasteiger partial charge >= 0.3 is 0 Å². The van der Waals surface area contributed by atoms with Crippen molar-refractivity contribution in [1.29, 1.82) is 0 Å². The van der Waals surface area contributed by atoms with Gasteiger partial charge in [0, 0.05) is 5.02 Å². The van der Waals surface area contributed by atoms with Gasteiger partial charge in [0.2, 0.25) is 0 Å². The number of halogens is 1. The van der Waals surface area contributed by atoms with Crippen LogP contribution in [-0.4, -0.2) is 23.8 Å². The zero-order valence-electron chi connectivity index (χ0n) is 17.0. The fourth-order valence-electron chi connectivity index (χ4n) is 2.75. The summed E-state index contributed by atoms with van der Waals surface area (Å²) in [5.41, 5.74) is 4.53. The molecular formula is C24H23ClN2O4. The number of aliphatic hydroxyl groups is 1. The minimum absolute atomic E-state index is 0.373. The number of benzene rings is 3. The summed E-state index contributed by atoms with van der Waals surface area (Å²) in [5.74, 6) is 0.545. The van der Waals surface area contributed by atoms with Crippen molar-refractivity contribution in [2.75, 3.05) is 6.61 Å². The summed E-state index contributed by atoms with van der Waals surface area (Å²) >= 11 is 5.91. The van der Waals surface area contributed by atoms with Crippen LogP contribution in [0.2, 0.25) is 5.02 Å². The molecule has 0 aromatic heterocycles. The van der Waals surface area contributed by atoms with Gasteiger partial charge in [0.25, 0.3) is 5.91 Å². The zero-order valence-corrected chi connectivity index (χ0v) is 17.8. The number of rotatable bonds is 9. The van der Waals surface area contributed by atoms with E-state index in [1.165, 1.54) is 6.21 Å². The first kappa shape index (κ1) is 22.3. The number of carbonyl (C=O) groups is 1. The molecule has 0 aliphatic carbocycles. The molecule has 31 heavy (non-hydrogen) atoms. The molecule has 7 heteroatoms. The summed E-state index contributed by atoms with van der Waals surface area (Å²) in [4.78, 5) is 12.1. The minimum Gasteiger partial charge on any atom is -0.490 e. The highest BCUT2D eigenvalue weighted by Gasteiger charge is 2.16. The number of ether oxygens (including phenoxy) is 2. The van der Waals surface area contributed by atoms with Crippen LogP contribution in [0.5, 0.6) is 11.5 Å². The van der Waals surface area contributed by atoms with Crippen LogP contribution in [-0.2, 0) is 11.4 Å².